The van der Waals surface area contributed by atoms with Crippen LogP contribution in [0, 0.1) is 0 Å². The predicted octanol–water partition coefficient (Wildman–Crippen LogP) is 8.37. The monoisotopic (exact) mass is 635 g/mol. The molecule has 5 aromatic rings. The molecule has 1 amide bonds. The molecule has 246 valence electrons. The zero-order valence-corrected chi connectivity index (χ0v) is 27.5. The van der Waals surface area contributed by atoms with E-state index in [0.29, 0.717) is 29.7 Å². The lowest BCUT2D eigenvalue weighted by Crippen LogP contribution is -2.25. The summed E-state index contributed by atoms with van der Waals surface area (Å²) in [6.45, 7) is 5.47. The van der Waals surface area contributed by atoms with Gasteiger partial charge in [0.2, 0.25) is 0 Å². The third kappa shape index (κ3) is 8.87. The number of nitrogens with zero attached hydrogens (tertiary/aromatic N) is 4. The molecule has 0 unspecified atom stereocenters. The van der Waals surface area contributed by atoms with Crippen molar-refractivity contribution in [3.05, 3.63) is 95.6 Å². The number of benzene rings is 4. The number of hydrogen-bond acceptors (Lipinski definition) is 7. The van der Waals surface area contributed by atoms with Gasteiger partial charge in [0.1, 0.15) is 17.2 Å². The summed E-state index contributed by atoms with van der Waals surface area (Å²) in [6.07, 6.45) is 10.9. The largest absolute Gasteiger partial charge is 0.506 e. The van der Waals surface area contributed by atoms with Gasteiger partial charge in [-0.05, 0) is 84.3 Å². The highest BCUT2D eigenvalue weighted by Gasteiger charge is 2.20. The number of ether oxygens (including phenoxy) is 2. The van der Waals surface area contributed by atoms with Crippen molar-refractivity contribution in [1.29, 1.82) is 0 Å². The zero-order chi connectivity index (χ0) is 32.8. The number of nitrogens with one attached hydrogen (secondary N) is 1. The molecular weight excluding hydrogens is 590 g/mol. The molecule has 4 aromatic carbocycles. The fraction of sp³-hybridized carbons (Fsp3) is 0.368. The Kier molecular flexibility index (Phi) is 12.2. The van der Waals surface area contributed by atoms with Crippen LogP contribution in [0.15, 0.2) is 78.9 Å². The third-order valence-corrected chi connectivity index (χ3v) is 8.22. The number of rotatable bonds is 18. The van der Waals surface area contributed by atoms with Crippen molar-refractivity contribution in [2.24, 2.45) is 0 Å². The number of unbranched alkanes of at least 4 members (excludes halogenated alkanes) is 5. The number of phenols is 1. The first-order valence-electron chi connectivity index (χ1n) is 16.9. The van der Waals surface area contributed by atoms with E-state index >= 15 is 0 Å². The summed E-state index contributed by atoms with van der Waals surface area (Å²) >= 11 is 0. The van der Waals surface area contributed by atoms with Crippen LogP contribution in [0.25, 0.3) is 16.5 Å². The van der Waals surface area contributed by atoms with Crippen molar-refractivity contribution in [2.75, 3.05) is 13.2 Å². The van der Waals surface area contributed by atoms with Gasteiger partial charge in [0.05, 0.1) is 17.9 Å². The van der Waals surface area contributed by atoms with Gasteiger partial charge < -0.3 is 19.9 Å². The second kappa shape index (κ2) is 17.1. The SMILES string of the molecule is CCCCCc1ccc(OCCCCNC(=O)c2cc(Oc3nnnn3-c3ccccc3)c3ccccc3c2O)c(CCCCC)c1. The van der Waals surface area contributed by atoms with Crippen molar-refractivity contribution < 1.29 is 19.4 Å². The number of para-hydroxylation sites is 1. The van der Waals surface area contributed by atoms with Gasteiger partial charge in [-0.25, -0.2) is 0 Å². The van der Waals surface area contributed by atoms with E-state index in [-0.39, 0.29) is 17.3 Å². The minimum atomic E-state index is -0.390. The molecule has 9 nitrogen and oxygen atoms in total. The van der Waals surface area contributed by atoms with E-state index in [9.17, 15) is 9.90 Å². The standard InChI is InChI=1S/C38H45N5O4/c1-3-5-8-16-28-22-23-34(29(26-28)17-9-6-4-2)46-25-15-14-24-39-37(45)33-27-35(31-20-12-13-21-32(31)36(33)44)47-38-40-41-42-43(38)30-18-10-7-11-19-30/h7,10-13,18-23,26-27,44H,3-6,8-9,14-17,24-25H2,1-2H3,(H,39,45). The fourth-order valence-corrected chi connectivity index (χ4v) is 5.63. The molecule has 0 radical (unpaired) electrons. The molecule has 0 aliphatic carbocycles. The van der Waals surface area contributed by atoms with Crippen LogP contribution in [0.2, 0.25) is 0 Å². The average Bonchev–Trinajstić information content (AvgIpc) is 3.57. The summed E-state index contributed by atoms with van der Waals surface area (Å²) < 4.78 is 13.9. The Morgan fingerprint density at radius 2 is 1.55 bits per heavy atom. The van der Waals surface area contributed by atoms with Crippen molar-refractivity contribution in [2.45, 2.75) is 78.1 Å². The highest BCUT2D eigenvalue weighted by molar-refractivity contribution is 6.05. The first-order valence-corrected chi connectivity index (χ1v) is 16.9. The van der Waals surface area contributed by atoms with Crippen LogP contribution in [-0.4, -0.2) is 44.4 Å². The zero-order valence-electron chi connectivity index (χ0n) is 27.5. The Bertz CT molecular complexity index is 1740. The van der Waals surface area contributed by atoms with Gasteiger partial charge in [0, 0.05) is 17.3 Å². The van der Waals surface area contributed by atoms with Crippen LogP contribution in [0.1, 0.15) is 86.7 Å². The van der Waals surface area contributed by atoms with Crippen molar-refractivity contribution in [3.63, 3.8) is 0 Å². The van der Waals surface area contributed by atoms with Crippen molar-refractivity contribution in [1.82, 2.24) is 25.5 Å². The number of carbonyl (C=O) groups is 1. The van der Waals surface area contributed by atoms with E-state index in [2.05, 4.69) is 52.9 Å². The van der Waals surface area contributed by atoms with Gasteiger partial charge in [-0.3, -0.25) is 4.79 Å². The summed E-state index contributed by atoms with van der Waals surface area (Å²) in [5.74, 6) is 0.829. The Morgan fingerprint density at radius 3 is 2.34 bits per heavy atom. The first kappa shape index (κ1) is 33.4. The van der Waals surface area contributed by atoms with Crippen molar-refractivity contribution >= 4 is 16.7 Å². The van der Waals surface area contributed by atoms with Gasteiger partial charge >= 0.3 is 6.01 Å². The number of hydrogen-bond donors (Lipinski definition) is 2. The Morgan fingerprint density at radius 1 is 0.809 bits per heavy atom. The quantitative estimate of drug-likeness (QED) is 0.0931. The maximum absolute atomic E-state index is 13.3. The van der Waals surface area contributed by atoms with E-state index in [1.807, 2.05) is 42.5 Å². The number of tetrazole rings is 1. The minimum Gasteiger partial charge on any atom is -0.506 e. The van der Waals surface area contributed by atoms with E-state index < -0.39 is 5.91 Å². The molecule has 47 heavy (non-hydrogen) atoms. The van der Waals surface area contributed by atoms with Gasteiger partial charge in [-0.2, -0.15) is 4.68 Å². The molecule has 0 atom stereocenters. The van der Waals surface area contributed by atoms with Gasteiger partial charge in [-0.15, -0.1) is 0 Å². The maximum Gasteiger partial charge on any atom is 0.345 e. The lowest BCUT2D eigenvalue weighted by atomic mass is 10.00. The molecule has 1 heterocycles. The number of carbonyl (C=O) groups excluding carboxylic acids is 1. The second-order valence-corrected chi connectivity index (χ2v) is 11.8. The van der Waals surface area contributed by atoms with Crippen LogP contribution >= 0.6 is 0 Å². The van der Waals surface area contributed by atoms with Crippen molar-refractivity contribution in [3.8, 4) is 28.9 Å². The summed E-state index contributed by atoms with van der Waals surface area (Å²) in [6, 6.07) is 24.9. The molecule has 0 bridgehead atoms. The summed E-state index contributed by atoms with van der Waals surface area (Å²) in [5.41, 5.74) is 3.53. The number of amides is 1. The Balaban J connectivity index is 1.19. The second-order valence-electron chi connectivity index (χ2n) is 11.8. The summed E-state index contributed by atoms with van der Waals surface area (Å²) in [5, 5.41) is 27.0. The molecule has 9 heteroatoms. The lowest BCUT2D eigenvalue weighted by Gasteiger charge is -2.14. The number of aromatic hydroxyl groups is 1. The summed E-state index contributed by atoms with van der Waals surface area (Å²) in [7, 11) is 0. The molecule has 0 spiro atoms. The van der Waals surface area contributed by atoms with Crippen LogP contribution in [0.5, 0.6) is 23.3 Å². The lowest BCUT2D eigenvalue weighted by molar-refractivity contribution is 0.0949. The molecule has 1 aromatic heterocycles. The van der Waals surface area contributed by atoms with Crippen LogP contribution in [-0.2, 0) is 12.8 Å². The third-order valence-electron chi connectivity index (χ3n) is 8.22. The van der Waals surface area contributed by atoms with E-state index in [0.717, 1.165) is 43.5 Å². The van der Waals surface area contributed by atoms with Gasteiger partial charge in [0.25, 0.3) is 5.91 Å². The highest BCUT2D eigenvalue weighted by atomic mass is 16.5. The number of aromatic nitrogens is 4. The van der Waals surface area contributed by atoms with Gasteiger partial charge in [-0.1, -0.05) is 99.2 Å². The number of fused-ring (bicyclic) bond motifs is 1. The topological polar surface area (TPSA) is 111 Å². The van der Waals surface area contributed by atoms with E-state index in [4.69, 9.17) is 9.47 Å². The predicted molar refractivity (Wildman–Crippen MR) is 185 cm³/mol. The molecule has 2 N–H and O–H groups in total. The Hall–Kier alpha value is -4.92. The van der Waals surface area contributed by atoms with E-state index in [1.165, 1.54) is 54.0 Å². The highest BCUT2D eigenvalue weighted by Crippen LogP contribution is 2.38. The fourth-order valence-electron chi connectivity index (χ4n) is 5.63. The molecule has 0 saturated heterocycles. The molecule has 0 aliphatic heterocycles. The molecule has 0 saturated carbocycles. The smallest absolute Gasteiger partial charge is 0.345 e. The molecule has 0 aliphatic rings. The molecular formula is C38H45N5O4. The van der Waals surface area contributed by atoms with E-state index in [1.54, 1.807) is 12.1 Å². The van der Waals surface area contributed by atoms with Crippen LogP contribution in [0.4, 0.5) is 0 Å². The van der Waals surface area contributed by atoms with Crippen LogP contribution < -0.4 is 14.8 Å². The minimum absolute atomic E-state index is 0.106. The summed E-state index contributed by atoms with van der Waals surface area (Å²) in [4.78, 5) is 13.3. The number of phenolic OH excluding ortho intramolecular Hbond substituents is 1. The molecule has 5 rings (SSSR count). The first-order chi connectivity index (χ1) is 23.1. The Labute approximate surface area is 276 Å². The van der Waals surface area contributed by atoms with Gasteiger partial charge in [0.15, 0.2) is 0 Å². The molecule has 0 fully saturated rings. The van der Waals surface area contributed by atoms with Crippen LogP contribution in [0.3, 0.4) is 0 Å². The number of aryl methyl sites for hydroxylation is 2. The normalized spacial score (nSPS) is 11.1. The maximum atomic E-state index is 13.3. The average molecular weight is 636 g/mol.